The molecule has 0 fully saturated rings. The summed E-state index contributed by atoms with van der Waals surface area (Å²) in [4.78, 5) is 12.7. The lowest BCUT2D eigenvalue weighted by molar-refractivity contribution is -0.143. The molecule has 36 heavy (non-hydrogen) atoms. The number of halogens is 9. The largest absolute Gasteiger partial charge is 0.465 e. The lowest BCUT2D eigenvalue weighted by Gasteiger charge is -2.42. The molecule has 3 rings (SSSR count). The molecule has 0 radical (unpaired) electrons. The number of benzene rings is 2. The highest BCUT2D eigenvalue weighted by atomic mass is 19.4. The molecular formula is C23H20F9NO3. The third-order valence-corrected chi connectivity index (χ3v) is 6.30. The van der Waals surface area contributed by atoms with E-state index >= 15 is 0 Å². The van der Waals surface area contributed by atoms with E-state index in [2.05, 4.69) is 0 Å². The average Bonchev–Trinajstić information content (AvgIpc) is 2.76. The van der Waals surface area contributed by atoms with Crippen LogP contribution in [0.1, 0.15) is 59.4 Å². The van der Waals surface area contributed by atoms with Gasteiger partial charge in [-0.25, -0.2) is 4.79 Å². The van der Waals surface area contributed by atoms with Crippen LogP contribution < -0.4 is 4.90 Å². The molecule has 3 atom stereocenters. The first-order valence-electron chi connectivity index (χ1n) is 10.6. The average molecular weight is 529 g/mol. The Bertz CT molecular complexity index is 1090. The van der Waals surface area contributed by atoms with Crippen molar-refractivity contribution in [3.05, 3.63) is 64.2 Å². The number of nitrogens with zero attached hydrogens (tertiary/aromatic N) is 1. The monoisotopic (exact) mass is 529 g/mol. The Morgan fingerprint density at radius 3 is 1.86 bits per heavy atom. The van der Waals surface area contributed by atoms with E-state index in [0.717, 1.165) is 11.0 Å². The summed E-state index contributed by atoms with van der Waals surface area (Å²) in [6, 6.07) is 2.09. The molecule has 0 aliphatic carbocycles. The van der Waals surface area contributed by atoms with E-state index in [-0.39, 0.29) is 30.2 Å². The minimum atomic E-state index is -5.17. The normalized spacial score (nSPS) is 19.7. The van der Waals surface area contributed by atoms with Gasteiger partial charge in [-0.15, -0.1) is 0 Å². The molecule has 2 aromatic carbocycles. The number of alkyl halides is 9. The molecule has 2 N–H and O–H groups in total. The van der Waals surface area contributed by atoms with E-state index in [1.165, 1.54) is 0 Å². The van der Waals surface area contributed by atoms with Crippen molar-refractivity contribution in [2.45, 2.75) is 56.2 Å². The molecule has 13 heteroatoms. The number of fused-ring (bicyclic) bond motifs is 1. The molecular weight excluding hydrogens is 509 g/mol. The second kappa shape index (κ2) is 9.49. The lowest BCUT2D eigenvalue weighted by Crippen LogP contribution is -2.45. The third kappa shape index (κ3) is 5.40. The number of aliphatic hydroxyl groups excluding tert-OH is 1. The first-order chi connectivity index (χ1) is 16.5. The zero-order chi connectivity index (χ0) is 27.2. The molecule has 0 aromatic heterocycles. The predicted octanol–water partition coefficient (Wildman–Crippen LogP) is 7.27. The van der Waals surface area contributed by atoms with Gasteiger partial charge in [-0.1, -0.05) is 6.92 Å². The summed E-state index contributed by atoms with van der Waals surface area (Å²) in [6.07, 6.45) is -16.8. The minimum absolute atomic E-state index is 0.0878. The summed E-state index contributed by atoms with van der Waals surface area (Å²) < 4.78 is 121. The van der Waals surface area contributed by atoms with Gasteiger partial charge in [0.2, 0.25) is 0 Å². The van der Waals surface area contributed by atoms with Crippen LogP contribution in [0.25, 0.3) is 0 Å². The van der Waals surface area contributed by atoms with Crippen molar-refractivity contribution < 1.29 is 54.5 Å². The van der Waals surface area contributed by atoms with Crippen LogP contribution in [0.3, 0.4) is 0 Å². The van der Waals surface area contributed by atoms with Crippen LogP contribution in [0.4, 0.5) is 50.0 Å². The molecule has 1 heterocycles. The van der Waals surface area contributed by atoms with E-state index in [4.69, 9.17) is 0 Å². The van der Waals surface area contributed by atoms with Gasteiger partial charge in [-0.3, -0.25) is 4.90 Å². The molecule has 4 nitrogen and oxygen atoms in total. The number of rotatable bonds is 4. The molecule has 0 bridgehead atoms. The fourth-order valence-corrected chi connectivity index (χ4v) is 4.62. The zero-order valence-electron chi connectivity index (χ0n) is 18.5. The van der Waals surface area contributed by atoms with Gasteiger partial charge in [-0.2, -0.15) is 39.5 Å². The van der Waals surface area contributed by atoms with E-state index in [0.29, 0.717) is 24.3 Å². The molecule has 1 aliphatic heterocycles. The minimum Gasteiger partial charge on any atom is -0.465 e. The predicted molar refractivity (Wildman–Crippen MR) is 110 cm³/mol. The lowest BCUT2D eigenvalue weighted by atomic mass is 9.73. The molecule has 1 amide bonds. The SMILES string of the molecule is CC[C@@H]1C[C@@H]([C@H](CO)c2cc(C(F)(F)F)cc(C(F)(F)F)c2)c2cc(C(F)(F)F)ccc2N1C(=O)O. The maximum atomic E-state index is 13.4. The van der Waals surface area contributed by atoms with Gasteiger partial charge in [0.05, 0.1) is 29.0 Å². The highest BCUT2D eigenvalue weighted by Crippen LogP contribution is 2.49. The van der Waals surface area contributed by atoms with Crippen molar-refractivity contribution in [1.82, 2.24) is 0 Å². The first-order valence-corrected chi connectivity index (χ1v) is 10.6. The summed E-state index contributed by atoms with van der Waals surface area (Å²) in [6.45, 7) is 0.579. The fourth-order valence-electron chi connectivity index (χ4n) is 4.62. The quantitative estimate of drug-likeness (QED) is 0.410. The van der Waals surface area contributed by atoms with Crippen LogP contribution in [0.15, 0.2) is 36.4 Å². The molecule has 0 saturated carbocycles. The summed E-state index contributed by atoms with van der Waals surface area (Å²) in [5.41, 5.74) is -5.45. The standard InChI is InChI=1S/C23H20F9NO3/c1-2-15-9-16(17-8-12(21(24,25)26)3-4-19(17)33(15)20(35)36)18(10-34)11-5-13(22(27,28)29)7-14(6-11)23(30,31)32/h3-8,15-16,18,34H,2,9-10H2,1H3,(H,35,36)/t15-,16-,18-/m1/s1. The van der Waals surface area contributed by atoms with Crippen LogP contribution in [-0.4, -0.2) is 29.0 Å². The second-order valence-corrected chi connectivity index (χ2v) is 8.46. The van der Waals surface area contributed by atoms with Gasteiger partial charge in [0.1, 0.15) is 0 Å². The Labute approximate surface area is 198 Å². The summed E-state index contributed by atoms with van der Waals surface area (Å²) >= 11 is 0. The molecule has 198 valence electrons. The molecule has 1 aliphatic rings. The van der Waals surface area contributed by atoms with Gasteiger partial charge in [-0.05, 0) is 66.3 Å². The van der Waals surface area contributed by atoms with Gasteiger partial charge >= 0.3 is 24.6 Å². The molecule has 0 saturated heterocycles. The highest BCUT2D eigenvalue weighted by molar-refractivity contribution is 5.89. The van der Waals surface area contributed by atoms with Crippen LogP contribution in [0.5, 0.6) is 0 Å². The van der Waals surface area contributed by atoms with Gasteiger partial charge in [0, 0.05) is 12.0 Å². The number of carboxylic acid groups (broad SMARTS) is 1. The van der Waals surface area contributed by atoms with Gasteiger partial charge < -0.3 is 10.2 Å². The van der Waals surface area contributed by atoms with Crippen molar-refractivity contribution in [1.29, 1.82) is 0 Å². The maximum absolute atomic E-state index is 13.4. The first kappa shape index (κ1) is 27.6. The van der Waals surface area contributed by atoms with Gasteiger partial charge in [0.25, 0.3) is 0 Å². The zero-order valence-corrected chi connectivity index (χ0v) is 18.5. The van der Waals surface area contributed by atoms with E-state index in [9.17, 15) is 54.5 Å². The highest BCUT2D eigenvalue weighted by Gasteiger charge is 2.43. The smallest absolute Gasteiger partial charge is 0.416 e. The van der Waals surface area contributed by atoms with Crippen molar-refractivity contribution in [2.75, 3.05) is 11.5 Å². The van der Waals surface area contributed by atoms with Crippen molar-refractivity contribution in [3.63, 3.8) is 0 Å². The van der Waals surface area contributed by atoms with Crippen LogP contribution in [-0.2, 0) is 18.5 Å². The van der Waals surface area contributed by atoms with Crippen molar-refractivity contribution >= 4 is 11.8 Å². The maximum Gasteiger partial charge on any atom is 0.416 e. The number of hydrogen-bond donors (Lipinski definition) is 2. The second-order valence-electron chi connectivity index (χ2n) is 8.46. The summed E-state index contributed by atoms with van der Waals surface area (Å²) in [7, 11) is 0. The van der Waals surface area contributed by atoms with Crippen molar-refractivity contribution in [3.8, 4) is 0 Å². The van der Waals surface area contributed by atoms with E-state index < -0.39 is 71.4 Å². The van der Waals surface area contributed by atoms with Crippen LogP contribution in [0, 0.1) is 0 Å². The topological polar surface area (TPSA) is 60.8 Å². The Balaban J connectivity index is 2.27. The Hall–Kier alpha value is -2.96. The van der Waals surface area contributed by atoms with Crippen LogP contribution >= 0.6 is 0 Å². The van der Waals surface area contributed by atoms with Crippen LogP contribution in [0.2, 0.25) is 0 Å². The number of aliphatic hydroxyl groups is 1. The number of amides is 1. The number of hydrogen-bond acceptors (Lipinski definition) is 2. The summed E-state index contributed by atoms with van der Waals surface area (Å²) in [5.74, 6) is -2.70. The molecule has 0 spiro atoms. The summed E-state index contributed by atoms with van der Waals surface area (Å²) in [5, 5.41) is 19.8. The third-order valence-electron chi connectivity index (χ3n) is 6.30. The molecule has 2 aromatic rings. The Morgan fingerprint density at radius 2 is 1.44 bits per heavy atom. The number of carbonyl (C=O) groups is 1. The van der Waals surface area contributed by atoms with Crippen molar-refractivity contribution in [2.24, 2.45) is 0 Å². The van der Waals surface area contributed by atoms with Gasteiger partial charge in [0.15, 0.2) is 0 Å². The Morgan fingerprint density at radius 1 is 0.917 bits per heavy atom. The van der Waals surface area contributed by atoms with E-state index in [1.54, 1.807) is 6.92 Å². The fraction of sp³-hybridized carbons (Fsp3) is 0.435. The van der Waals surface area contributed by atoms with E-state index in [1.807, 2.05) is 0 Å². The Kier molecular flexibility index (Phi) is 7.28. The number of anilines is 1. The molecule has 0 unspecified atom stereocenters.